The van der Waals surface area contributed by atoms with Crippen LogP contribution in [0.4, 0.5) is 0 Å². The van der Waals surface area contributed by atoms with Crippen LogP contribution in [0.5, 0.6) is 0 Å². The van der Waals surface area contributed by atoms with Gasteiger partial charge in [-0.05, 0) is 0 Å². The molecule has 2 aromatic carbocycles. The molecule has 0 nitrogen and oxygen atoms in total. The average Bonchev–Trinajstić information content (AvgIpc) is 2.56. The fraction of sp³-hybridized carbons (Fsp3) is 0. The van der Waals surface area contributed by atoms with Crippen LogP contribution >= 0.6 is 0 Å². The topological polar surface area (TPSA) is 0 Å². The minimum absolute atomic E-state index is 0.103. The summed E-state index contributed by atoms with van der Waals surface area (Å²) in [6.07, 6.45) is 0. The van der Waals surface area contributed by atoms with Gasteiger partial charge in [0.25, 0.3) is 0 Å². The molecular weight excluding hydrogens is 271 g/mol. The molecule has 1 heterocycles. The van der Waals surface area contributed by atoms with Crippen LogP contribution in [0, 0.1) is 7.14 Å². The van der Waals surface area contributed by atoms with Crippen LogP contribution < -0.4 is 21.2 Å². The van der Waals surface area contributed by atoms with Gasteiger partial charge in [-0.3, -0.25) is 0 Å². The van der Waals surface area contributed by atoms with E-state index in [9.17, 15) is 0 Å². The Balaban J connectivity index is 2.32. The summed E-state index contributed by atoms with van der Waals surface area (Å²) in [5.41, 5.74) is 2.93. The maximum absolute atomic E-state index is 2.27. The monoisotopic (exact) mass is 279 g/mol. The zero-order chi connectivity index (χ0) is 8.67. The first-order valence-corrected chi connectivity index (χ1v) is 6.44. The van der Waals surface area contributed by atoms with Gasteiger partial charge in [-0.25, -0.2) is 0 Å². The van der Waals surface area contributed by atoms with Crippen LogP contribution in [0.3, 0.4) is 0 Å². The fourth-order valence-electron chi connectivity index (χ4n) is 1.63. The van der Waals surface area contributed by atoms with Gasteiger partial charge in [0.15, 0.2) is 0 Å². The molecule has 0 N–H and O–H groups in total. The molecular formula is C12H8I-. The van der Waals surface area contributed by atoms with Gasteiger partial charge < -0.3 is 0 Å². The molecule has 1 aliphatic rings. The molecule has 0 saturated carbocycles. The fourth-order valence-corrected chi connectivity index (χ4v) is 4.56. The van der Waals surface area contributed by atoms with Gasteiger partial charge in [-0.2, -0.15) is 0 Å². The van der Waals surface area contributed by atoms with Gasteiger partial charge in [0.05, 0.1) is 0 Å². The molecule has 1 aliphatic heterocycles. The summed E-state index contributed by atoms with van der Waals surface area (Å²) < 4.78 is 3.14. The summed E-state index contributed by atoms with van der Waals surface area (Å²) in [6.45, 7) is 0. The summed E-state index contributed by atoms with van der Waals surface area (Å²) in [6, 6.07) is 17.6. The van der Waals surface area contributed by atoms with Crippen LogP contribution in [-0.4, -0.2) is 0 Å². The third-order valence-corrected chi connectivity index (χ3v) is 5.29. The summed E-state index contributed by atoms with van der Waals surface area (Å²) in [7, 11) is 0. The molecule has 0 spiro atoms. The molecule has 64 valence electrons. The van der Waals surface area contributed by atoms with Crippen molar-refractivity contribution in [1.82, 2.24) is 0 Å². The van der Waals surface area contributed by atoms with Gasteiger partial charge in [0.1, 0.15) is 0 Å². The van der Waals surface area contributed by atoms with Gasteiger partial charge >= 0.3 is 88.0 Å². The number of benzene rings is 2. The van der Waals surface area contributed by atoms with Crippen molar-refractivity contribution >= 4 is 0 Å². The molecule has 0 radical (unpaired) electrons. The Morgan fingerprint density at radius 2 is 1.08 bits per heavy atom. The van der Waals surface area contributed by atoms with E-state index >= 15 is 0 Å². The Morgan fingerprint density at radius 3 is 1.62 bits per heavy atom. The number of fused-ring (bicyclic) bond motifs is 3. The summed E-state index contributed by atoms with van der Waals surface area (Å²) in [5, 5.41) is 0. The van der Waals surface area contributed by atoms with Crippen molar-refractivity contribution < 1.29 is 21.2 Å². The van der Waals surface area contributed by atoms with Gasteiger partial charge in [-0.15, -0.1) is 0 Å². The number of rotatable bonds is 0. The van der Waals surface area contributed by atoms with Gasteiger partial charge in [0, 0.05) is 0 Å². The predicted octanol–water partition coefficient (Wildman–Crippen LogP) is -0.205. The Bertz CT molecular complexity index is 417. The maximum atomic E-state index is 2.27. The zero-order valence-electron chi connectivity index (χ0n) is 7.00. The van der Waals surface area contributed by atoms with Crippen molar-refractivity contribution in [2.24, 2.45) is 0 Å². The minimum atomic E-state index is 0.103. The molecule has 1 heteroatoms. The molecule has 0 fully saturated rings. The predicted molar refractivity (Wildman–Crippen MR) is 49.3 cm³/mol. The van der Waals surface area contributed by atoms with Crippen molar-refractivity contribution in [3.63, 3.8) is 0 Å². The second-order valence-corrected chi connectivity index (χ2v) is 5.92. The van der Waals surface area contributed by atoms with Crippen molar-refractivity contribution in [3.8, 4) is 11.1 Å². The second-order valence-electron chi connectivity index (χ2n) is 3.05. The SMILES string of the molecule is c1ccc2c(c1)[I-]c1ccccc1-2. The van der Waals surface area contributed by atoms with Crippen LogP contribution in [0.1, 0.15) is 0 Å². The first-order chi connectivity index (χ1) is 6.45. The number of hydrogen-bond acceptors (Lipinski definition) is 0. The van der Waals surface area contributed by atoms with E-state index in [1.165, 1.54) is 11.1 Å². The van der Waals surface area contributed by atoms with Crippen LogP contribution in [0.2, 0.25) is 0 Å². The molecule has 2 aromatic rings. The van der Waals surface area contributed by atoms with Crippen LogP contribution in [0.25, 0.3) is 11.1 Å². The molecule has 0 saturated heterocycles. The Labute approximate surface area is 87.9 Å². The van der Waals surface area contributed by atoms with E-state index < -0.39 is 0 Å². The molecule has 0 aliphatic carbocycles. The van der Waals surface area contributed by atoms with Crippen molar-refractivity contribution in [2.75, 3.05) is 0 Å². The summed E-state index contributed by atoms with van der Waals surface area (Å²) in [4.78, 5) is 0. The van der Waals surface area contributed by atoms with Crippen molar-refractivity contribution in [3.05, 3.63) is 55.7 Å². The quantitative estimate of drug-likeness (QED) is 0.500. The van der Waals surface area contributed by atoms with E-state index in [0.717, 1.165) is 0 Å². The third-order valence-electron chi connectivity index (χ3n) is 2.24. The molecule has 0 amide bonds. The second kappa shape index (κ2) is 2.84. The first-order valence-electron chi connectivity index (χ1n) is 4.28. The molecule has 0 bridgehead atoms. The van der Waals surface area contributed by atoms with E-state index in [1.54, 1.807) is 7.14 Å². The summed E-state index contributed by atoms with van der Waals surface area (Å²) in [5.74, 6) is 0. The molecule has 0 atom stereocenters. The molecule has 3 rings (SSSR count). The van der Waals surface area contributed by atoms with Gasteiger partial charge in [0.2, 0.25) is 0 Å². The first kappa shape index (κ1) is 7.56. The number of hydrogen-bond donors (Lipinski definition) is 0. The van der Waals surface area contributed by atoms with Crippen molar-refractivity contribution in [1.29, 1.82) is 0 Å². The van der Waals surface area contributed by atoms with E-state index in [2.05, 4.69) is 48.5 Å². The van der Waals surface area contributed by atoms with Crippen molar-refractivity contribution in [2.45, 2.75) is 0 Å². The molecule has 13 heavy (non-hydrogen) atoms. The van der Waals surface area contributed by atoms with Crippen LogP contribution in [-0.2, 0) is 0 Å². The average molecular weight is 279 g/mol. The van der Waals surface area contributed by atoms with E-state index in [4.69, 9.17) is 0 Å². The Hall–Kier alpha value is -0.830. The summed E-state index contributed by atoms with van der Waals surface area (Å²) >= 11 is 0.103. The van der Waals surface area contributed by atoms with E-state index in [0.29, 0.717) is 0 Å². The normalized spacial score (nSPS) is 12.9. The number of halogens is 1. The van der Waals surface area contributed by atoms with Crippen LogP contribution in [0.15, 0.2) is 48.5 Å². The third kappa shape index (κ3) is 1.10. The Morgan fingerprint density at radius 1 is 0.615 bits per heavy atom. The zero-order valence-corrected chi connectivity index (χ0v) is 9.15. The van der Waals surface area contributed by atoms with E-state index in [-0.39, 0.29) is 21.2 Å². The molecule has 0 aromatic heterocycles. The van der Waals surface area contributed by atoms with E-state index in [1.807, 2.05) is 0 Å². The standard InChI is InChI=1S/C12H8I/c1-3-7-11-9(5-1)10-6-2-4-8-12(10)13-11/h1-8H/q-1. The molecule has 0 unspecified atom stereocenters. The van der Waals surface area contributed by atoms with Gasteiger partial charge in [-0.1, -0.05) is 0 Å². The Kier molecular flexibility index (Phi) is 1.65.